The first-order valence-corrected chi connectivity index (χ1v) is 6.62. The number of hydrogen-bond donors (Lipinski definition) is 1. The van der Waals surface area contributed by atoms with E-state index in [-0.39, 0.29) is 24.9 Å². The van der Waals surface area contributed by atoms with Crippen LogP contribution >= 0.6 is 0 Å². The lowest BCUT2D eigenvalue weighted by atomic mass is 9.95. The van der Waals surface area contributed by atoms with Gasteiger partial charge in [-0.2, -0.15) is 13.2 Å². The highest BCUT2D eigenvalue weighted by Crippen LogP contribution is 2.28. The van der Waals surface area contributed by atoms with E-state index in [0.717, 1.165) is 25.9 Å². The maximum atomic E-state index is 12.9. The predicted molar refractivity (Wildman–Crippen MR) is 64.6 cm³/mol. The zero-order chi connectivity index (χ0) is 14.0. The fourth-order valence-electron chi connectivity index (χ4n) is 2.78. The van der Waals surface area contributed by atoms with E-state index in [9.17, 15) is 18.0 Å². The first kappa shape index (κ1) is 14.6. The molecule has 0 spiro atoms. The van der Waals surface area contributed by atoms with Crippen LogP contribution in [0.3, 0.4) is 0 Å². The summed E-state index contributed by atoms with van der Waals surface area (Å²) < 4.78 is 38.8. The number of piperazine rings is 1. The number of likely N-dealkylation sites (tertiary alicyclic amines) is 1. The lowest BCUT2D eigenvalue weighted by Gasteiger charge is -2.39. The number of piperidine rings is 1. The van der Waals surface area contributed by atoms with Gasteiger partial charge in [0.15, 0.2) is 0 Å². The van der Waals surface area contributed by atoms with Crippen LogP contribution in [0.4, 0.5) is 13.2 Å². The van der Waals surface area contributed by atoms with Crippen molar-refractivity contribution in [1.29, 1.82) is 0 Å². The van der Waals surface area contributed by atoms with Gasteiger partial charge in [-0.25, -0.2) is 0 Å². The quantitative estimate of drug-likeness (QED) is 0.808. The van der Waals surface area contributed by atoms with Gasteiger partial charge in [-0.05, 0) is 38.9 Å². The molecule has 2 aliphatic rings. The van der Waals surface area contributed by atoms with E-state index in [0.29, 0.717) is 6.54 Å². The molecule has 2 fully saturated rings. The summed E-state index contributed by atoms with van der Waals surface area (Å²) in [5, 5.41) is 2.30. The van der Waals surface area contributed by atoms with Gasteiger partial charge in [0.1, 0.15) is 6.04 Å². The number of carbonyl (C=O) groups excluding carboxylic acids is 1. The second kappa shape index (κ2) is 5.66. The maximum Gasteiger partial charge on any atom is 0.405 e. The number of amides is 1. The van der Waals surface area contributed by atoms with Crippen molar-refractivity contribution in [1.82, 2.24) is 15.1 Å². The summed E-state index contributed by atoms with van der Waals surface area (Å²) in [6.45, 7) is 1.74. The summed E-state index contributed by atoms with van der Waals surface area (Å²) in [6.07, 6.45) is -2.47. The smallest absolute Gasteiger partial charge is 0.353 e. The lowest BCUT2D eigenvalue weighted by molar-refractivity contribution is -0.190. The van der Waals surface area contributed by atoms with E-state index >= 15 is 0 Å². The molecule has 0 radical (unpaired) electrons. The van der Waals surface area contributed by atoms with Crippen LogP contribution < -0.4 is 5.32 Å². The molecule has 2 saturated heterocycles. The molecule has 0 aromatic heterocycles. The van der Waals surface area contributed by atoms with Gasteiger partial charge >= 0.3 is 6.18 Å². The fourth-order valence-corrected chi connectivity index (χ4v) is 2.78. The van der Waals surface area contributed by atoms with Crippen LogP contribution in [0.5, 0.6) is 0 Å². The summed E-state index contributed by atoms with van der Waals surface area (Å²) in [4.78, 5) is 14.8. The van der Waals surface area contributed by atoms with Crippen LogP contribution in [0.1, 0.15) is 12.8 Å². The Hall–Kier alpha value is -0.820. The largest absolute Gasteiger partial charge is 0.405 e. The average Bonchev–Trinajstić information content (AvgIpc) is 2.30. The Kier molecular flexibility index (Phi) is 4.35. The highest BCUT2D eigenvalue weighted by Gasteiger charge is 2.46. The van der Waals surface area contributed by atoms with Crippen LogP contribution in [-0.4, -0.2) is 67.7 Å². The van der Waals surface area contributed by atoms with Crippen LogP contribution in [0.2, 0.25) is 0 Å². The van der Waals surface area contributed by atoms with Crippen LogP contribution in [0.15, 0.2) is 0 Å². The van der Waals surface area contributed by atoms with E-state index < -0.39 is 12.2 Å². The summed E-state index contributed by atoms with van der Waals surface area (Å²) in [6, 6.07) is -1.54. The van der Waals surface area contributed by atoms with Crippen molar-refractivity contribution in [2.75, 3.05) is 39.8 Å². The molecule has 1 unspecified atom stereocenters. The van der Waals surface area contributed by atoms with E-state index in [1.54, 1.807) is 0 Å². The van der Waals surface area contributed by atoms with Crippen molar-refractivity contribution in [3.8, 4) is 0 Å². The average molecular weight is 279 g/mol. The highest BCUT2D eigenvalue weighted by molar-refractivity contribution is 5.78. The first-order chi connectivity index (χ1) is 8.86. The Bertz CT molecular complexity index is 327. The second-order valence-electron chi connectivity index (χ2n) is 5.54. The standard InChI is InChI=1S/C12H20F3N3O/c1-17-4-2-9(3-5-17)7-18-8-11(19)16-6-10(18)12(13,14)15/h9-10H,2-8H2,1H3,(H,16,19). The first-order valence-electron chi connectivity index (χ1n) is 6.62. The molecule has 0 aliphatic carbocycles. The molecular formula is C12H20F3N3O. The number of rotatable bonds is 2. The summed E-state index contributed by atoms with van der Waals surface area (Å²) in [5.41, 5.74) is 0. The number of carbonyl (C=O) groups is 1. The predicted octanol–water partition coefficient (Wildman–Crippen LogP) is 0.691. The van der Waals surface area contributed by atoms with Gasteiger partial charge in [-0.15, -0.1) is 0 Å². The van der Waals surface area contributed by atoms with Crippen molar-refractivity contribution in [2.45, 2.75) is 25.1 Å². The van der Waals surface area contributed by atoms with Crippen molar-refractivity contribution in [2.24, 2.45) is 5.92 Å². The zero-order valence-electron chi connectivity index (χ0n) is 11.0. The summed E-state index contributed by atoms with van der Waals surface area (Å²) >= 11 is 0. The third-order valence-corrected chi connectivity index (χ3v) is 3.99. The highest BCUT2D eigenvalue weighted by atomic mass is 19.4. The lowest BCUT2D eigenvalue weighted by Crippen LogP contribution is -2.61. The van der Waals surface area contributed by atoms with Gasteiger partial charge in [-0.1, -0.05) is 0 Å². The van der Waals surface area contributed by atoms with Gasteiger partial charge in [0.25, 0.3) is 0 Å². The molecule has 7 heteroatoms. The van der Waals surface area contributed by atoms with E-state index in [1.807, 2.05) is 7.05 Å². The van der Waals surface area contributed by atoms with Gasteiger partial charge in [0, 0.05) is 13.1 Å². The minimum absolute atomic E-state index is 0.142. The van der Waals surface area contributed by atoms with Gasteiger partial charge in [0.05, 0.1) is 6.54 Å². The summed E-state index contributed by atoms with van der Waals surface area (Å²) in [5.74, 6) is -0.0552. The molecule has 0 aromatic carbocycles. The van der Waals surface area contributed by atoms with Crippen LogP contribution in [0, 0.1) is 5.92 Å². The Morgan fingerprint density at radius 1 is 1.32 bits per heavy atom. The topological polar surface area (TPSA) is 35.6 Å². The molecule has 0 aromatic rings. The van der Waals surface area contributed by atoms with E-state index in [2.05, 4.69) is 10.2 Å². The number of hydrogen-bond acceptors (Lipinski definition) is 3. The third-order valence-electron chi connectivity index (χ3n) is 3.99. The minimum Gasteiger partial charge on any atom is -0.353 e. The molecule has 0 saturated carbocycles. The van der Waals surface area contributed by atoms with Gasteiger partial charge < -0.3 is 10.2 Å². The molecule has 2 heterocycles. The molecule has 2 aliphatic heterocycles. The molecule has 1 N–H and O–H groups in total. The SMILES string of the molecule is CN1CCC(CN2CC(=O)NCC2C(F)(F)F)CC1. The number of alkyl halides is 3. The number of nitrogens with one attached hydrogen (secondary N) is 1. The molecule has 1 atom stereocenters. The van der Waals surface area contributed by atoms with Crippen LogP contribution in [0.25, 0.3) is 0 Å². The molecule has 1 amide bonds. The van der Waals surface area contributed by atoms with Crippen molar-refractivity contribution in [3.63, 3.8) is 0 Å². The van der Waals surface area contributed by atoms with Crippen molar-refractivity contribution in [3.05, 3.63) is 0 Å². The number of halogens is 3. The van der Waals surface area contributed by atoms with Gasteiger partial charge in [-0.3, -0.25) is 9.69 Å². The Morgan fingerprint density at radius 3 is 2.53 bits per heavy atom. The van der Waals surface area contributed by atoms with Gasteiger partial charge in [0.2, 0.25) is 5.91 Å². The Balaban J connectivity index is 1.96. The Labute approximate surface area is 110 Å². The minimum atomic E-state index is -4.28. The summed E-state index contributed by atoms with van der Waals surface area (Å²) in [7, 11) is 2.02. The monoisotopic (exact) mass is 279 g/mol. The normalized spacial score (nSPS) is 28.4. The van der Waals surface area contributed by atoms with E-state index in [1.165, 1.54) is 4.90 Å². The van der Waals surface area contributed by atoms with Crippen molar-refractivity contribution >= 4 is 5.91 Å². The number of nitrogens with zero attached hydrogens (tertiary/aromatic N) is 2. The third kappa shape index (κ3) is 3.82. The fraction of sp³-hybridized carbons (Fsp3) is 0.917. The maximum absolute atomic E-state index is 12.9. The molecule has 19 heavy (non-hydrogen) atoms. The molecule has 2 rings (SSSR count). The molecule has 4 nitrogen and oxygen atoms in total. The molecular weight excluding hydrogens is 259 g/mol. The zero-order valence-corrected chi connectivity index (χ0v) is 11.0. The molecule has 0 bridgehead atoms. The second-order valence-corrected chi connectivity index (χ2v) is 5.54. The van der Waals surface area contributed by atoms with E-state index in [4.69, 9.17) is 0 Å². The van der Waals surface area contributed by atoms with Crippen LogP contribution in [-0.2, 0) is 4.79 Å². The molecule has 110 valence electrons. The Morgan fingerprint density at radius 2 is 1.95 bits per heavy atom. The van der Waals surface area contributed by atoms with Crippen molar-refractivity contribution < 1.29 is 18.0 Å².